The number of hydrogen-bond donors (Lipinski definition) is 3. The van der Waals surface area contributed by atoms with E-state index < -0.39 is 43.8 Å². The molecule has 3 heterocycles. The Morgan fingerprint density at radius 2 is 2.04 bits per heavy atom. The van der Waals surface area contributed by atoms with Gasteiger partial charge >= 0.3 is 5.97 Å². The van der Waals surface area contributed by atoms with Gasteiger partial charge in [-0.2, -0.15) is 0 Å². The van der Waals surface area contributed by atoms with Gasteiger partial charge in [0.2, 0.25) is 0 Å². The van der Waals surface area contributed by atoms with Gasteiger partial charge in [-0.05, 0) is 26.0 Å². The second kappa shape index (κ2) is 6.67. The molecule has 150 valence electrons. The maximum Gasteiger partial charge on any atom is 0.328 e. The number of β-lactam (4-membered cyclic amide) rings is 1. The zero-order chi connectivity index (χ0) is 20.9. The molecule has 0 unspecified atom stereocenters. The molecule has 3 rings (SSSR count). The number of nitrogens with two attached hydrogens (primary N) is 1. The summed E-state index contributed by atoms with van der Waals surface area (Å²) in [6.07, 6.45) is 1.40. The van der Waals surface area contributed by atoms with Crippen molar-refractivity contribution in [3.05, 3.63) is 35.7 Å². The van der Waals surface area contributed by atoms with Crippen molar-refractivity contribution in [3.8, 4) is 0 Å². The van der Waals surface area contributed by atoms with Crippen molar-refractivity contribution in [3.63, 3.8) is 0 Å². The lowest BCUT2D eigenvalue weighted by Gasteiger charge is -2.39. The van der Waals surface area contributed by atoms with Crippen molar-refractivity contribution in [1.82, 2.24) is 15.2 Å². The van der Waals surface area contributed by atoms with Crippen LogP contribution in [0.15, 0.2) is 30.0 Å². The first-order valence-electron chi connectivity index (χ1n) is 8.50. The Bertz CT molecular complexity index is 986. The molecule has 4 N–H and O–H groups in total. The Morgan fingerprint density at radius 1 is 1.36 bits per heavy atom. The fraction of sp³-hybridized carbons (Fsp3) is 0.412. The second-order valence-electron chi connectivity index (χ2n) is 7.00. The average molecular weight is 408 g/mol. The summed E-state index contributed by atoms with van der Waals surface area (Å²) in [5.74, 6) is -2.93. The number of pyridine rings is 1. The fourth-order valence-electron chi connectivity index (χ4n) is 3.57. The van der Waals surface area contributed by atoms with Crippen LogP contribution in [0.2, 0.25) is 0 Å². The molecule has 10 nitrogen and oxygen atoms in total. The van der Waals surface area contributed by atoms with E-state index in [0.717, 1.165) is 4.90 Å². The summed E-state index contributed by atoms with van der Waals surface area (Å²) >= 11 is 0. The van der Waals surface area contributed by atoms with E-state index in [4.69, 9.17) is 5.73 Å². The highest BCUT2D eigenvalue weighted by atomic mass is 32.2. The Labute approximate surface area is 161 Å². The molecule has 0 aliphatic carbocycles. The summed E-state index contributed by atoms with van der Waals surface area (Å²) in [6, 6.07) is 3.12. The van der Waals surface area contributed by atoms with E-state index in [2.05, 4.69) is 10.3 Å². The molecule has 2 saturated heterocycles. The number of hydrogen-bond acceptors (Lipinski definition) is 7. The van der Waals surface area contributed by atoms with Crippen molar-refractivity contribution in [2.45, 2.75) is 30.0 Å². The molecule has 2 fully saturated rings. The van der Waals surface area contributed by atoms with Gasteiger partial charge in [0.05, 0.1) is 16.8 Å². The van der Waals surface area contributed by atoms with Crippen molar-refractivity contribution in [2.75, 3.05) is 13.1 Å². The molecule has 0 spiro atoms. The average Bonchev–Trinajstić information content (AvgIpc) is 2.78. The van der Waals surface area contributed by atoms with E-state index >= 15 is 0 Å². The van der Waals surface area contributed by atoms with Crippen molar-refractivity contribution < 1.29 is 27.9 Å². The molecule has 2 aliphatic rings. The van der Waals surface area contributed by atoms with Crippen LogP contribution in [0.5, 0.6) is 0 Å². The highest BCUT2D eigenvalue weighted by Crippen LogP contribution is 2.50. The molecule has 28 heavy (non-hydrogen) atoms. The van der Waals surface area contributed by atoms with Crippen LogP contribution in [0.3, 0.4) is 0 Å². The Morgan fingerprint density at radius 3 is 2.57 bits per heavy atom. The van der Waals surface area contributed by atoms with Gasteiger partial charge < -0.3 is 21.1 Å². The van der Waals surface area contributed by atoms with Gasteiger partial charge in [-0.1, -0.05) is 6.07 Å². The molecular weight excluding hydrogens is 388 g/mol. The number of fused-ring (bicyclic) bond motifs is 1. The lowest BCUT2D eigenvalue weighted by atomic mass is 9.91. The monoisotopic (exact) mass is 408 g/mol. The Balaban J connectivity index is 2.22. The van der Waals surface area contributed by atoms with E-state index in [9.17, 15) is 27.9 Å². The minimum atomic E-state index is -4.12. The van der Waals surface area contributed by atoms with Crippen LogP contribution in [-0.2, 0) is 24.2 Å². The third-order valence-electron chi connectivity index (χ3n) is 5.01. The molecule has 0 radical (unpaired) electrons. The number of sulfone groups is 1. The quantitative estimate of drug-likeness (QED) is 0.402. The number of carboxylic acids is 1. The zero-order valence-corrected chi connectivity index (χ0v) is 16.1. The summed E-state index contributed by atoms with van der Waals surface area (Å²) in [5, 5.41) is 10.5. The van der Waals surface area contributed by atoms with Crippen molar-refractivity contribution in [1.29, 1.82) is 0 Å². The highest BCUT2D eigenvalue weighted by Gasteiger charge is 2.71. The summed E-state index contributed by atoms with van der Waals surface area (Å²) in [7, 11) is -4.12. The van der Waals surface area contributed by atoms with Gasteiger partial charge in [-0.15, -0.1) is 0 Å². The molecular formula is C17H20N4O6S. The maximum absolute atomic E-state index is 13.1. The molecule has 2 aliphatic heterocycles. The molecule has 2 atom stereocenters. The van der Waals surface area contributed by atoms with Crippen LogP contribution in [0.25, 0.3) is 5.57 Å². The molecule has 0 bridgehead atoms. The van der Waals surface area contributed by atoms with Crippen LogP contribution in [-0.4, -0.2) is 70.4 Å². The fourth-order valence-corrected chi connectivity index (χ4v) is 5.71. The molecule has 0 saturated carbocycles. The SMILES string of the molecule is CC1(C)[C@H](C(=O)O)N2C(=O)/C(=C(\C(=O)NCCN)c3ccccn3)[C@H]2S1(=O)=O. The minimum Gasteiger partial charge on any atom is -0.480 e. The first-order chi connectivity index (χ1) is 13.1. The number of amides is 2. The van der Waals surface area contributed by atoms with E-state index in [1.165, 1.54) is 26.1 Å². The third-order valence-corrected chi connectivity index (χ3v) is 7.75. The topological polar surface area (TPSA) is 160 Å². The number of carbonyl (C=O) groups is 3. The van der Waals surface area contributed by atoms with Gasteiger partial charge in [0.15, 0.2) is 21.3 Å². The van der Waals surface area contributed by atoms with Crippen LogP contribution >= 0.6 is 0 Å². The summed E-state index contributed by atoms with van der Waals surface area (Å²) in [6.45, 7) is 2.78. The number of nitrogens with zero attached hydrogens (tertiary/aromatic N) is 2. The predicted molar refractivity (Wildman–Crippen MR) is 98.3 cm³/mol. The Kier molecular flexibility index (Phi) is 4.76. The number of carboxylic acid groups (broad SMARTS) is 1. The number of nitrogens with one attached hydrogen (secondary N) is 1. The van der Waals surface area contributed by atoms with E-state index in [-0.39, 0.29) is 29.9 Å². The van der Waals surface area contributed by atoms with Crippen LogP contribution < -0.4 is 11.1 Å². The standard InChI is InChI=1S/C17H20N4O6S/c1-17(2)12(16(24)25)21-14(23)11(15(21)28(17,26)27)10(13(22)20-8-6-18)9-5-3-4-7-19-9/h3-5,7,12,15H,6,8,18H2,1-2H3,(H,20,22)(H,24,25)/b11-10+/t12-,15+/m0/s1. The molecule has 1 aromatic heterocycles. The smallest absolute Gasteiger partial charge is 0.328 e. The van der Waals surface area contributed by atoms with Gasteiger partial charge in [0, 0.05) is 19.3 Å². The number of rotatable bonds is 5. The normalized spacial score (nSPS) is 26.2. The number of aliphatic carboxylic acids is 1. The molecule has 1 aromatic rings. The largest absolute Gasteiger partial charge is 0.480 e. The predicted octanol–water partition coefficient (Wildman–Crippen LogP) is -1.26. The second-order valence-corrected chi connectivity index (χ2v) is 9.59. The number of carbonyl (C=O) groups excluding carboxylic acids is 2. The Hall–Kier alpha value is -2.79. The van der Waals surface area contributed by atoms with Gasteiger partial charge in [0.25, 0.3) is 11.8 Å². The van der Waals surface area contributed by atoms with E-state index in [1.807, 2.05) is 0 Å². The summed E-state index contributed by atoms with van der Waals surface area (Å²) < 4.78 is 24.4. The minimum absolute atomic E-state index is 0.112. The molecule has 2 amide bonds. The highest BCUT2D eigenvalue weighted by molar-refractivity contribution is 7.94. The maximum atomic E-state index is 13.1. The van der Waals surface area contributed by atoms with Crippen molar-refractivity contribution >= 4 is 33.2 Å². The summed E-state index contributed by atoms with van der Waals surface area (Å²) in [4.78, 5) is 42.1. The summed E-state index contributed by atoms with van der Waals surface area (Å²) in [5.41, 5.74) is 5.05. The lowest BCUT2D eigenvalue weighted by molar-refractivity contribution is -0.152. The van der Waals surface area contributed by atoms with Gasteiger partial charge in [0.1, 0.15) is 4.75 Å². The van der Waals surface area contributed by atoms with Crippen LogP contribution in [0.1, 0.15) is 19.5 Å². The van der Waals surface area contributed by atoms with E-state index in [0.29, 0.717) is 0 Å². The van der Waals surface area contributed by atoms with Gasteiger partial charge in [-0.3, -0.25) is 14.6 Å². The van der Waals surface area contributed by atoms with Crippen LogP contribution in [0.4, 0.5) is 0 Å². The third kappa shape index (κ3) is 2.61. The molecule has 0 aromatic carbocycles. The van der Waals surface area contributed by atoms with Gasteiger partial charge in [-0.25, -0.2) is 13.2 Å². The first kappa shape index (κ1) is 20.0. The van der Waals surface area contributed by atoms with Crippen LogP contribution in [0, 0.1) is 0 Å². The van der Waals surface area contributed by atoms with Crippen molar-refractivity contribution in [2.24, 2.45) is 5.73 Å². The first-order valence-corrected chi connectivity index (χ1v) is 10.0. The number of aromatic nitrogens is 1. The van der Waals surface area contributed by atoms with E-state index in [1.54, 1.807) is 12.1 Å². The zero-order valence-electron chi connectivity index (χ0n) is 15.2. The molecule has 11 heteroatoms. The lowest BCUT2D eigenvalue weighted by Crippen LogP contribution is -2.59.